The zero-order chi connectivity index (χ0) is 17.2. The Morgan fingerprint density at radius 3 is 2.60 bits per heavy atom. The lowest BCUT2D eigenvalue weighted by Gasteiger charge is -2.10. The average Bonchev–Trinajstić information content (AvgIpc) is 2.99. The fourth-order valence-electron chi connectivity index (χ4n) is 3.30. The van der Waals surface area contributed by atoms with Gasteiger partial charge in [0.2, 0.25) is 0 Å². The van der Waals surface area contributed by atoms with Crippen molar-refractivity contribution < 1.29 is 0 Å². The highest BCUT2D eigenvalue weighted by Gasteiger charge is 2.10. The number of anilines is 1. The van der Waals surface area contributed by atoms with Crippen molar-refractivity contribution in [3.63, 3.8) is 0 Å². The first-order valence-electron chi connectivity index (χ1n) is 8.46. The van der Waals surface area contributed by atoms with Gasteiger partial charge in [0.05, 0.1) is 0 Å². The van der Waals surface area contributed by atoms with Crippen LogP contribution < -0.4 is 11.1 Å². The fourth-order valence-corrected chi connectivity index (χ4v) is 3.47. The Balaban J connectivity index is 1.78. The van der Waals surface area contributed by atoms with E-state index in [0.29, 0.717) is 6.54 Å². The number of fused-ring (bicyclic) bond motifs is 3. The molecule has 0 amide bonds. The number of rotatable bonds is 5. The Hall–Kier alpha value is -2.49. The van der Waals surface area contributed by atoms with Crippen LogP contribution in [0.2, 0.25) is 5.02 Å². The van der Waals surface area contributed by atoms with E-state index < -0.39 is 0 Å². The summed E-state index contributed by atoms with van der Waals surface area (Å²) >= 11 is 6.21. The molecular weight excluding hydrogens is 330 g/mol. The van der Waals surface area contributed by atoms with Crippen molar-refractivity contribution in [2.75, 3.05) is 11.9 Å². The lowest BCUT2D eigenvalue weighted by molar-refractivity contribution is 0.974. The molecule has 1 aromatic heterocycles. The third kappa shape index (κ3) is 3.21. The van der Waals surface area contributed by atoms with Crippen LogP contribution in [-0.2, 0) is 13.0 Å². The standard InChI is InChI=1S/C21H20ClN3/c22-16-6-7-20-18(11-16)19-12-17(10-15(8-9-23)21(19)25-20)24-13-14-4-2-1-3-5-14/h1-7,10-12,24-25H,8-9,13,23H2. The molecule has 4 N–H and O–H groups in total. The molecule has 0 fully saturated rings. The molecule has 0 aliphatic heterocycles. The fraction of sp³-hybridized carbons (Fsp3) is 0.143. The molecule has 0 atom stereocenters. The summed E-state index contributed by atoms with van der Waals surface area (Å²) in [6, 6.07) is 20.7. The van der Waals surface area contributed by atoms with Gasteiger partial charge in [-0.2, -0.15) is 0 Å². The highest BCUT2D eigenvalue weighted by molar-refractivity contribution is 6.31. The smallest absolute Gasteiger partial charge is 0.0499 e. The van der Waals surface area contributed by atoms with Gasteiger partial charge in [0.25, 0.3) is 0 Å². The van der Waals surface area contributed by atoms with Gasteiger partial charge < -0.3 is 16.0 Å². The van der Waals surface area contributed by atoms with Crippen molar-refractivity contribution in [3.05, 3.63) is 76.8 Å². The van der Waals surface area contributed by atoms with Crippen molar-refractivity contribution in [1.29, 1.82) is 0 Å². The molecule has 0 unspecified atom stereocenters. The van der Waals surface area contributed by atoms with E-state index in [1.165, 1.54) is 16.5 Å². The molecule has 25 heavy (non-hydrogen) atoms. The van der Waals surface area contributed by atoms with Gasteiger partial charge >= 0.3 is 0 Å². The van der Waals surface area contributed by atoms with E-state index in [1.54, 1.807) is 0 Å². The zero-order valence-electron chi connectivity index (χ0n) is 13.9. The molecule has 3 nitrogen and oxygen atoms in total. The summed E-state index contributed by atoms with van der Waals surface area (Å²) in [7, 11) is 0. The van der Waals surface area contributed by atoms with E-state index in [4.69, 9.17) is 17.3 Å². The summed E-state index contributed by atoms with van der Waals surface area (Å²) in [6.45, 7) is 1.41. The number of aromatic amines is 1. The van der Waals surface area contributed by atoms with Crippen molar-refractivity contribution in [1.82, 2.24) is 4.98 Å². The second-order valence-corrected chi connectivity index (χ2v) is 6.69. The second kappa shape index (κ2) is 6.79. The summed E-state index contributed by atoms with van der Waals surface area (Å²) in [5.41, 5.74) is 11.6. The minimum absolute atomic E-state index is 0.618. The van der Waals surface area contributed by atoms with Crippen LogP contribution in [0.1, 0.15) is 11.1 Å². The van der Waals surface area contributed by atoms with Crippen LogP contribution in [0.25, 0.3) is 21.8 Å². The van der Waals surface area contributed by atoms with Gasteiger partial charge in [0.1, 0.15) is 0 Å². The minimum atomic E-state index is 0.618. The molecular formula is C21H20ClN3. The van der Waals surface area contributed by atoms with Crippen molar-refractivity contribution in [2.24, 2.45) is 5.73 Å². The lowest BCUT2D eigenvalue weighted by Crippen LogP contribution is -2.05. The Morgan fingerprint density at radius 1 is 0.960 bits per heavy atom. The molecule has 0 aliphatic rings. The first-order chi connectivity index (χ1) is 12.2. The van der Waals surface area contributed by atoms with E-state index in [9.17, 15) is 0 Å². The first-order valence-corrected chi connectivity index (χ1v) is 8.84. The quantitative estimate of drug-likeness (QED) is 0.470. The summed E-state index contributed by atoms with van der Waals surface area (Å²) < 4.78 is 0. The van der Waals surface area contributed by atoms with Crippen molar-refractivity contribution in [2.45, 2.75) is 13.0 Å². The molecule has 126 valence electrons. The van der Waals surface area contributed by atoms with Crippen molar-refractivity contribution in [3.8, 4) is 0 Å². The summed E-state index contributed by atoms with van der Waals surface area (Å²) in [4.78, 5) is 3.52. The number of halogens is 1. The monoisotopic (exact) mass is 349 g/mol. The van der Waals surface area contributed by atoms with E-state index in [-0.39, 0.29) is 0 Å². The van der Waals surface area contributed by atoms with Crippen LogP contribution in [0.5, 0.6) is 0 Å². The first kappa shape index (κ1) is 16.0. The highest BCUT2D eigenvalue weighted by atomic mass is 35.5. The van der Waals surface area contributed by atoms with Gasteiger partial charge in [-0.25, -0.2) is 0 Å². The van der Waals surface area contributed by atoms with E-state index in [2.05, 4.69) is 46.7 Å². The largest absolute Gasteiger partial charge is 0.381 e. The zero-order valence-corrected chi connectivity index (χ0v) is 14.6. The Bertz CT molecular complexity index is 1020. The van der Waals surface area contributed by atoms with E-state index in [1.807, 2.05) is 24.3 Å². The Kier molecular flexibility index (Phi) is 4.35. The van der Waals surface area contributed by atoms with Gasteiger partial charge in [-0.05, 0) is 54.4 Å². The van der Waals surface area contributed by atoms with E-state index >= 15 is 0 Å². The number of hydrogen-bond acceptors (Lipinski definition) is 2. The maximum Gasteiger partial charge on any atom is 0.0499 e. The SMILES string of the molecule is NCCc1cc(NCc2ccccc2)cc2c1[nH]c1ccc(Cl)cc12. The molecule has 0 aliphatic carbocycles. The molecule has 0 saturated carbocycles. The number of nitrogens with one attached hydrogen (secondary N) is 2. The molecule has 0 saturated heterocycles. The average molecular weight is 350 g/mol. The van der Waals surface area contributed by atoms with Gasteiger partial charge in [0.15, 0.2) is 0 Å². The van der Waals surface area contributed by atoms with Gasteiger partial charge in [-0.3, -0.25) is 0 Å². The number of hydrogen-bond donors (Lipinski definition) is 3. The maximum atomic E-state index is 6.21. The maximum absolute atomic E-state index is 6.21. The van der Waals surface area contributed by atoms with Crippen LogP contribution in [0, 0.1) is 0 Å². The summed E-state index contributed by atoms with van der Waals surface area (Å²) in [6.07, 6.45) is 0.831. The molecule has 0 bridgehead atoms. The van der Waals surface area contributed by atoms with E-state index in [0.717, 1.165) is 40.1 Å². The number of nitrogens with two attached hydrogens (primary N) is 1. The van der Waals surface area contributed by atoms with Crippen LogP contribution in [0.3, 0.4) is 0 Å². The third-order valence-electron chi connectivity index (χ3n) is 4.50. The molecule has 4 rings (SSSR count). The summed E-state index contributed by atoms with van der Waals surface area (Å²) in [5.74, 6) is 0. The second-order valence-electron chi connectivity index (χ2n) is 6.25. The Labute approximate surface area is 151 Å². The molecule has 4 heteroatoms. The van der Waals surface area contributed by atoms with Crippen LogP contribution in [0.4, 0.5) is 5.69 Å². The van der Waals surface area contributed by atoms with Gasteiger partial charge in [0, 0.05) is 39.1 Å². The lowest BCUT2D eigenvalue weighted by atomic mass is 10.0. The third-order valence-corrected chi connectivity index (χ3v) is 4.74. The molecule has 0 spiro atoms. The predicted molar refractivity (Wildman–Crippen MR) is 107 cm³/mol. The topological polar surface area (TPSA) is 53.8 Å². The minimum Gasteiger partial charge on any atom is -0.381 e. The number of H-pyrrole nitrogens is 1. The highest BCUT2D eigenvalue weighted by Crippen LogP contribution is 2.32. The van der Waals surface area contributed by atoms with Crippen LogP contribution in [-0.4, -0.2) is 11.5 Å². The van der Waals surface area contributed by atoms with Crippen LogP contribution in [0.15, 0.2) is 60.7 Å². The molecule has 1 heterocycles. The number of benzene rings is 3. The van der Waals surface area contributed by atoms with Gasteiger partial charge in [-0.15, -0.1) is 0 Å². The molecule has 3 aromatic carbocycles. The molecule has 0 radical (unpaired) electrons. The predicted octanol–water partition coefficient (Wildman–Crippen LogP) is 5.09. The van der Waals surface area contributed by atoms with Gasteiger partial charge in [-0.1, -0.05) is 41.9 Å². The molecule has 4 aromatic rings. The normalized spacial score (nSPS) is 11.3. The Morgan fingerprint density at radius 2 is 1.80 bits per heavy atom. The van der Waals surface area contributed by atoms with Crippen molar-refractivity contribution >= 4 is 39.1 Å². The summed E-state index contributed by atoms with van der Waals surface area (Å²) in [5, 5.41) is 6.60. The number of aromatic nitrogens is 1. The van der Waals surface area contributed by atoms with Crippen LogP contribution >= 0.6 is 11.6 Å².